The molecule has 2 rings (SSSR count). The summed E-state index contributed by atoms with van der Waals surface area (Å²) in [6.07, 6.45) is 3.26. The van der Waals surface area contributed by atoms with Gasteiger partial charge in [0, 0.05) is 19.2 Å². The number of rotatable bonds is 8. The van der Waals surface area contributed by atoms with Gasteiger partial charge in [-0.2, -0.15) is 0 Å². The fraction of sp³-hybridized carbons (Fsp3) is 0.250. The zero-order valence-electron chi connectivity index (χ0n) is 14.8. The molecule has 0 radical (unpaired) electrons. The highest BCUT2D eigenvalue weighted by Crippen LogP contribution is 2.23. The van der Waals surface area contributed by atoms with Crippen molar-refractivity contribution in [3.05, 3.63) is 60.2 Å². The van der Waals surface area contributed by atoms with Crippen LogP contribution in [0, 0.1) is 0 Å². The van der Waals surface area contributed by atoms with Gasteiger partial charge < -0.3 is 19.1 Å². The van der Waals surface area contributed by atoms with Gasteiger partial charge in [-0.05, 0) is 35.9 Å². The Hall–Kier alpha value is -2.95. The molecule has 2 aromatic rings. The molecule has 25 heavy (non-hydrogen) atoms. The van der Waals surface area contributed by atoms with Gasteiger partial charge in [0.05, 0.1) is 20.8 Å². The van der Waals surface area contributed by atoms with Crippen LogP contribution in [0.1, 0.15) is 5.56 Å². The van der Waals surface area contributed by atoms with Crippen LogP contribution in [-0.2, 0) is 4.79 Å². The number of likely N-dealkylation sites (N-methyl/N-ethyl adjacent to an activating group) is 1. The number of ether oxygens (including phenoxy) is 3. The van der Waals surface area contributed by atoms with Crippen molar-refractivity contribution in [1.29, 1.82) is 0 Å². The lowest BCUT2D eigenvalue weighted by Crippen LogP contribution is -2.29. The summed E-state index contributed by atoms with van der Waals surface area (Å²) in [7, 11) is 4.93. The van der Waals surface area contributed by atoms with Crippen LogP contribution in [0.2, 0.25) is 0 Å². The molecule has 2 aromatic carbocycles. The predicted octanol–water partition coefficient (Wildman–Crippen LogP) is 3.25. The Morgan fingerprint density at radius 2 is 1.64 bits per heavy atom. The lowest BCUT2D eigenvalue weighted by atomic mass is 10.2. The zero-order valence-corrected chi connectivity index (χ0v) is 14.8. The third kappa shape index (κ3) is 5.88. The molecular formula is C20H23NO4. The van der Waals surface area contributed by atoms with E-state index < -0.39 is 0 Å². The van der Waals surface area contributed by atoms with E-state index in [1.54, 1.807) is 38.3 Å². The van der Waals surface area contributed by atoms with Gasteiger partial charge in [0.2, 0.25) is 5.91 Å². The highest BCUT2D eigenvalue weighted by atomic mass is 16.5. The fourth-order valence-electron chi connectivity index (χ4n) is 2.15. The Morgan fingerprint density at radius 1 is 1.00 bits per heavy atom. The van der Waals surface area contributed by atoms with E-state index in [2.05, 4.69) is 0 Å². The molecule has 1 amide bonds. The quantitative estimate of drug-likeness (QED) is 0.692. The molecule has 5 heteroatoms. The maximum absolute atomic E-state index is 12.2. The zero-order chi connectivity index (χ0) is 18.1. The van der Waals surface area contributed by atoms with Crippen LogP contribution in [0.5, 0.6) is 17.2 Å². The molecule has 0 aromatic heterocycles. The lowest BCUT2D eigenvalue weighted by Gasteiger charge is -2.15. The highest BCUT2D eigenvalue weighted by molar-refractivity contribution is 5.91. The first kappa shape index (κ1) is 18.4. The summed E-state index contributed by atoms with van der Waals surface area (Å²) in [5, 5.41) is 0. The number of methoxy groups -OCH3 is 2. The van der Waals surface area contributed by atoms with Crippen molar-refractivity contribution in [2.75, 3.05) is 34.4 Å². The highest BCUT2D eigenvalue weighted by Gasteiger charge is 2.06. The first-order valence-corrected chi connectivity index (χ1v) is 7.96. The molecule has 0 atom stereocenters. The molecule has 5 nitrogen and oxygen atoms in total. The average Bonchev–Trinajstić information content (AvgIpc) is 2.66. The third-order valence-electron chi connectivity index (χ3n) is 3.61. The second kappa shape index (κ2) is 9.37. The van der Waals surface area contributed by atoms with Crippen molar-refractivity contribution in [1.82, 2.24) is 4.90 Å². The number of para-hydroxylation sites is 1. The van der Waals surface area contributed by atoms with E-state index in [-0.39, 0.29) is 5.91 Å². The Morgan fingerprint density at radius 3 is 2.24 bits per heavy atom. The number of hydrogen-bond donors (Lipinski definition) is 0. The van der Waals surface area contributed by atoms with Crippen molar-refractivity contribution in [3.8, 4) is 17.2 Å². The Labute approximate surface area is 148 Å². The van der Waals surface area contributed by atoms with Gasteiger partial charge in [-0.15, -0.1) is 0 Å². The summed E-state index contributed by atoms with van der Waals surface area (Å²) in [5.74, 6) is 2.05. The maximum Gasteiger partial charge on any atom is 0.246 e. The molecule has 0 aliphatic heterocycles. The number of carbonyl (C=O) groups excluding carboxylic acids is 1. The second-order valence-electron chi connectivity index (χ2n) is 5.40. The molecular weight excluding hydrogens is 318 g/mol. The molecule has 0 fully saturated rings. The van der Waals surface area contributed by atoms with Crippen LogP contribution in [0.25, 0.3) is 6.08 Å². The third-order valence-corrected chi connectivity index (χ3v) is 3.61. The van der Waals surface area contributed by atoms with Crippen molar-refractivity contribution in [2.24, 2.45) is 0 Å². The predicted molar refractivity (Wildman–Crippen MR) is 98.2 cm³/mol. The van der Waals surface area contributed by atoms with Gasteiger partial charge in [-0.3, -0.25) is 4.79 Å². The van der Waals surface area contributed by atoms with Crippen LogP contribution < -0.4 is 14.2 Å². The first-order chi connectivity index (χ1) is 12.1. The molecule has 0 saturated heterocycles. The van der Waals surface area contributed by atoms with Gasteiger partial charge in [0.25, 0.3) is 0 Å². The normalized spacial score (nSPS) is 10.5. The minimum atomic E-state index is -0.0987. The van der Waals surface area contributed by atoms with Gasteiger partial charge >= 0.3 is 0 Å². The minimum Gasteiger partial charge on any atom is -0.497 e. The summed E-state index contributed by atoms with van der Waals surface area (Å²) in [6.45, 7) is 0.937. The van der Waals surface area contributed by atoms with Crippen LogP contribution in [0.15, 0.2) is 54.6 Å². The van der Waals surface area contributed by atoms with E-state index in [9.17, 15) is 4.79 Å². The van der Waals surface area contributed by atoms with Crippen LogP contribution in [0.4, 0.5) is 0 Å². The maximum atomic E-state index is 12.2. The number of carbonyl (C=O) groups is 1. The van der Waals surface area contributed by atoms with Crippen LogP contribution >= 0.6 is 0 Å². The number of benzene rings is 2. The van der Waals surface area contributed by atoms with Crippen molar-refractivity contribution < 1.29 is 19.0 Å². The number of hydrogen-bond acceptors (Lipinski definition) is 4. The average molecular weight is 341 g/mol. The summed E-state index contributed by atoms with van der Waals surface area (Å²) < 4.78 is 16.0. The van der Waals surface area contributed by atoms with Crippen molar-refractivity contribution in [2.45, 2.75) is 0 Å². The molecule has 0 heterocycles. The monoisotopic (exact) mass is 341 g/mol. The van der Waals surface area contributed by atoms with Crippen LogP contribution in [0.3, 0.4) is 0 Å². The fourth-order valence-corrected chi connectivity index (χ4v) is 2.15. The Kier molecular flexibility index (Phi) is 6.89. The largest absolute Gasteiger partial charge is 0.497 e. The van der Waals surface area contributed by atoms with Gasteiger partial charge in [-0.25, -0.2) is 0 Å². The van der Waals surface area contributed by atoms with E-state index in [1.165, 1.54) is 6.08 Å². The molecule has 0 aliphatic carbocycles. The molecule has 0 spiro atoms. The van der Waals surface area contributed by atoms with Gasteiger partial charge in [0.15, 0.2) is 0 Å². The van der Waals surface area contributed by atoms with E-state index in [0.29, 0.717) is 24.7 Å². The van der Waals surface area contributed by atoms with Crippen molar-refractivity contribution >= 4 is 12.0 Å². The van der Waals surface area contributed by atoms with Crippen molar-refractivity contribution in [3.63, 3.8) is 0 Å². The Bertz CT molecular complexity index is 691. The molecule has 0 aliphatic rings. The summed E-state index contributed by atoms with van der Waals surface area (Å²) >= 11 is 0. The molecule has 0 unspecified atom stereocenters. The lowest BCUT2D eigenvalue weighted by molar-refractivity contribution is -0.125. The van der Waals surface area contributed by atoms with E-state index in [4.69, 9.17) is 14.2 Å². The van der Waals surface area contributed by atoms with E-state index in [1.807, 2.05) is 42.5 Å². The number of nitrogens with zero attached hydrogens (tertiary/aromatic N) is 1. The summed E-state index contributed by atoms with van der Waals surface area (Å²) in [5.41, 5.74) is 0.832. The van der Waals surface area contributed by atoms with Crippen LogP contribution in [-0.4, -0.2) is 45.2 Å². The summed E-state index contributed by atoms with van der Waals surface area (Å²) in [6, 6.07) is 15.0. The van der Waals surface area contributed by atoms with Gasteiger partial charge in [0.1, 0.15) is 23.9 Å². The molecule has 132 valence electrons. The topological polar surface area (TPSA) is 48.0 Å². The van der Waals surface area contributed by atoms with E-state index >= 15 is 0 Å². The summed E-state index contributed by atoms with van der Waals surface area (Å²) in [4.78, 5) is 13.8. The smallest absolute Gasteiger partial charge is 0.246 e. The van der Waals surface area contributed by atoms with Gasteiger partial charge in [-0.1, -0.05) is 18.2 Å². The Balaban J connectivity index is 1.88. The van der Waals surface area contributed by atoms with E-state index in [0.717, 1.165) is 11.3 Å². The second-order valence-corrected chi connectivity index (χ2v) is 5.40. The molecule has 0 N–H and O–H groups in total. The molecule has 0 bridgehead atoms. The minimum absolute atomic E-state index is 0.0987. The SMILES string of the molecule is COc1cc(/C=C/C(=O)N(C)CCOc2ccccc2)cc(OC)c1. The first-order valence-electron chi connectivity index (χ1n) is 7.96. The number of amides is 1. The standard InChI is InChI=1S/C20H23NO4/c1-21(11-12-25-17-7-5-4-6-8-17)20(22)10-9-16-13-18(23-2)15-19(14-16)24-3/h4-10,13-15H,11-12H2,1-3H3/b10-9+. The molecule has 0 saturated carbocycles.